The Kier molecular flexibility index (Phi) is 36.3. The van der Waals surface area contributed by atoms with E-state index in [1.807, 2.05) is 0 Å². The molecule has 29 heteroatoms. The minimum Gasteiger partial charge on any atom is -0.437 e. The lowest BCUT2D eigenvalue weighted by Gasteiger charge is -2.39. The number of aromatic amines is 3. The summed E-state index contributed by atoms with van der Waals surface area (Å²) in [5, 5.41) is 13.2. The van der Waals surface area contributed by atoms with E-state index in [-0.39, 0.29) is 76.1 Å². The molecular formula is C51H105N13O10Si6. The Balaban J connectivity index is -0.00000126. The van der Waals surface area contributed by atoms with Gasteiger partial charge in [-0.05, 0) is 162 Å². The summed E-state index contributed by atoms with van der Waals surface area (Å²) >= 11 is 0. The topological polar surface area (TPSA) is 338 Å². The number of hydrogen-bond donors (Lipinski definition) is 10. The van der Waals surface area contributed by atoms with E-state index >= 15 is 0 Å². The van der Waals surface area contributed by atoms with Crippen LogP contribution in [-0.4, -0.2) is 124 Å². The number of H-pyrrole nitrogens is 3. The molecule has 0 bridgehead atoms. The molecule has 0 atom stereocenters. The number of hydrogen-bond acceptors (Lipinski definition) is 15. The predicted molar refractivity (Wildman–Crippen MR) is 345 cm³/mol. The number of urea groups is 2. The fourth-order valence-corrected chi connectivity index (χ4v) is 36.6. The molecule has 5 amide bonds. The first-order valence-electron chi connectivity index (χ1n) is 25.8. The molecule has 0 saturated carbocycles. The van der Waals surface area contributed by atoms with E-state index in [4.69, 9.17) is 27.9 Å². The van der Waals surface area contributed by atoms with Gasteiger partial charge in [-0.3, -0.25) is 50.1 Å². The Hall–Kier alpha value is -4.81. The van der Waals surface area contributed by atoms with Crippen molar-refractivity contribution in [3.05, 3.63) is 90.6 Å². The number of anilines is 3. The number of nitrogens with zero attached hydrogens (tertiary/aromatic N) is 3. The first-order chi connectivity index (χ1) is 35.1. The van der Waals surface area contributed by atoms with Crippen molar-refractivity contribution >= 4 is 86.2 Å². The number of carbonyl (C=O) groups excluding carboxylic acids is 3. The monoisotopic (exact) mass is 1230 g/mol. The van der Waals surface area contributed by atoms with Gasteiger partial charge in [0.25, 0.3) is 16.7 Å². The average Bonchev–Trinajstić information content (AvgIpc) is 3.79. The quantitative estimate of drug-likeness (QED) is 0.0264. The largest absolute Gasteiger partial charge is 0.437 e. The number of amides is 5. The maximum absolute atomic E-state index is 12.1. The molecule has 4 rings (SSSR count). The van der Waals surface area contributed by atoms with Gasteiger partial charge in [-0.15, -0.1) is 0 Å². The Morgan fingerprint density at radius 1 is 0.487 bits per heavy atom. The lowest BCUT2D eigenvalue weighted by molar-refractivity contribution is -0.117. The summed E-state index contributed by atoms with van der Waals surface area (Å²) in [4.78, 5) is 89.7. The summed E-state index contributed by atoms with van der Waals surface area (Å²) in [7, 11) is -11.9. The van der Waals surface area contributed by atoms with Crippen LogP contribution in [-0.2, 0) is 21.3 Å². The second-order valence-electron chi connectivity index (χ2n) is 22.0. The number of aromatic nitrogens is 6. The fourth-order valence-electron chi connectivity index (χ4n) is 8.42. The van der Waals surface area contributed by atoms with E-state index in [9.17, 15) is 28.8 Å². The molecule has 0 saturated heterocycles. The van der Waals surface area contributed by atoms with Crippen molar-refractivity contribution in [3.63, 3.8) is 0 Å². The summed E-state index contributed by atoms with van der Waals surface area (Å²) < 4.78 is 26.1. The second-order valence-corrected chi connectivity index (χ2v) is 46.9. The molecule has 0 radical (unpaired) electrons. The molecule has 0 unspecified atom stereocenters. The number of nitrogens with two attached hydrogens (primary N) is 2. The molecule has 12 N–H and O–H groups in total. The lowest BCUT2D eigenvalue weighted by atomic mass is 10.1. The standard InChI is InChI=1S/C24H44N8O6Si3.C12H34N2O2Si3.C11H11N3O2.4CH4/c1-17-15-19(33)29-21(27-17)31-23(35)25-11-9-13-39(3,4)37-41(7,8)38-40(5,6)14-10-12-26-24(36)32-22-28-18(2)16-20(34)30-22;1-17(2,11-7-9-13)15-19(5,6)16-18(3,4)12-8-10-14;1-7-6-9(15)13-11(12-7)14-10(16)8-4-2-3-5-8;;;;/h15-16H,9-14H2,1-8H3,(H3,25,27,29,31,33,35)(H3,26,28,30,32,34,36);7-14H2,1-6H3;2-6,8H,1H3,(H2,12,13,14,15,16);4*1H4. The molecule has 23 nitrogen and oxygen atoms in total. The van der Waals surface area contributed by atoms with E-state index in [2.05, 4.69) is 135 Å². The molecule has 3 aromatic rings. The van der Waals surface area contributed by atoms with E-state index in [0.29, 0.717) is 30.2 Å². The van der Waals surface area contributed by atoms with Crippen LogP contribution in [0.1, 0.15) is 72.5 Å². The number of allylic oxidation sites excluding steroid dienone is 2. The Morgan fingerprint density at radius 2 is 0.762 bits per heavy atom. The molecule has 0 fully saturated rings. The van der Waals surface area contributed by atoms with Crippen LogP contribution >= 0.6 is 0 Å². The van der Waals surface area contributed by atoms with Gasteiger partial charge in [-0.25, -0.2) is 24.5 Å². The molecular weight excluding hydrogens is 1120 g/mol. The van der Waals surface area contributed by atoms with Crippen LogP contribution in [0.4, 0.5) is 27.4 Å². The molecule has 3 aromatic heterocycles. The van der Waals surface area contributed by atoms with Gasteiger partial charge < -0.3 is 38.6 Å². The number of nitrogens with one attached hydrogen (secondary N) is 8. The SMILES string of the molecule is C.C.C.C.C[Si](C)(CCCN)O[Si](C)(C)O[Si](C)(C)CCCN.Cc1cc(=O)[nH]c(NC(=O)C2C=CC=C2)n1.Cc1cc(=O)[nH]c(NC(=O)NCCC[Si](C)(C)O[Si](C)(C)O[Si](C)(C)CCCNC(=O)Nc2nc(C)cc(=O)[nH]2)n1. The van der Waals surface area contributed by atoms with Crippen molar-refractivity contribution in [2.24, 2.45) is 17.4 Å². The molecule has 0 aliphatic heterocycles. The van der Waals surface area contributed by atoms with E-state index in [0.717, 1.165) is 62.9 Å². The van der Waals surface area contributed by atoms with Gasteiger partial charge in [0.2, 0.25) is 23.8 Å². The smallest absolute Gasteiger partial charge is 0.321 e. The predicted octanol–water partition coefficient (Wildman–Crippen LogP) is 9.47. The highest BCUT2D eigenvalue weighted by Gasteiger charge is 2.40. The number of rotatable bonds is 26. The normalized spacial score (nSPS) is 12.4. The highest BCUT2D eigenvalue weighted by Crippen LogP contribution is 2.27. The zero-order chi connectivity index (χ0) is 57.5. The maximum Gasteiger partial charge on any atom is 0.321 e. The Labute approximate surface area is 484 Å². The van der Waals surface area contributed by atoms with E-state index < -0.39 is 62.5 Å². The van der Waals surface area contributed by atoms with Crippen LogP contribution in [0.5, 0.6) is 0 Å². The van der Waals surface area contributed by atoms with Gasteiger partial charge >= 0.3 is 29.2 Å². The lowest BCUT2D eigenvalue weighted by Crippen LogP contribution is -2.52. The van der Waals surface area contributed by atoms with Gasteiger partial charge in [0, 0.05) is 48.4 Å². The van der Waals surface area contributed by atoms with Gasteiger partial charge in [-0.1, -0.05) is 54.0 Å². The highest BCUT2D eigenvalue weighted by molar-refractivity contribution is 6.88. The molecule has 458 valence electrons. The summed E-state index contributed by atoms with van der Waals surface area (Å²) in [6.07, 6.45) is 10.7. The van der Waals surface area contributed by atoms with Crippen LogP contribution in [0.2, 0.25) is 103 Å². The van der Waals surface area contributed by atoms with Crippen molar-refractivity contribution < 1.29 is 30.8 Å². The average molecular weight is 1230 g/mol. The molecule has 0 spiro atoms. The third-order valence-corrected chi connectivity index (χ3v) is 33.8. The number of carbonyl (C=O) groups is 3. The first-order valence-corrected chi connectivity index (χ1v) is 43.9. The van der Waals surface area contributed by atoms with Crippen LogP contribution in [0.15, 0.2) is 56.9 Å². The molecule has 3 heterocycles. The third-order valence-electron chi connectivity index (χ3n) is 10.9. The van der Waals surface area contributed by atoms with Crippen molar-refractivity contribution in [1.29, 1.82) is 0 Å². The first kappa shape index (κ1) is 79.4. The minimum absolute atomic E-state index is 0. The Morgan fingerprint density at radius 3 is 1.04 bits per heavy atom. The van der Waals surface area contributed by atoms with Gasteiger partial charge in [0.1, 0.15) is 0 Å². The fraction of sp³-hybridized carbons (Fsp3) is 0.627. The van der Waals surface area contributed by atoms with Crippen LogP contribution in [0.3, 0.4) is 0 Å². The van der Waals surface area contributed by atoms with E-state index in [1.165, 1.54) is 18.2 Å². The summed E-state index contributed by atoms with van der Waals surface area (Å²) in [6.45, 7) is 33.7. The minimum atomic E-state index is -2.42. The Bertz CT molecular complexity index is 2460. The van der Waals surface area contributed by atoms with Gasteiger partial charge in [0.05, 0.1) is 5.92 Å². The van der Waals surface area contributed by atoms with Crippen molar-refractivity contribution in [3.8, 4) is 0 Å². The molecule has 0 aromatic carbocycles. The van der Waals surface area contributed by atoms with Gasteiger partial charge in [0.15, 0.2) is 33.3 Å². The van der Waals surface area contributed by atoms with Crippen LogP contribution in [0, 0.1) is 26.7 Å². The van der Waals surface area contributed by atoms with Crippen molar-refractivity contribution in [1.82, 2.24) is 40.5 Å². The maximum atomic E-state index is 12.1. The zero-order valence-electron chi connectivity index (χ0n) is 47.7. The zero-order valence-corrected chi connectivity index (χ0v) is 53.7. The summed E-state index contributed by atoms with van der Waals surface area (Å²) in [5.74, 6) is -0.0926. The van der Waals surface area contributed by atoms with Crippen molar-refractivity contribution in [2.45, 2.75) is 179 Å². The van der Waals surface area contributed by atoms with Crippen molar-refractivity contribution in [2.75, 3.05) is 42.1 Å². The molecule has 1 aliphatic rings. The number of aryl methyl sites for hydroxylation is 3. The van der Waals surface area contributed by atoms with E-state index in [1.54, 1.807) is 45.1 Å². The third kappa shape index (κ3) is 35.1. The van der Waals surface area contributed by atoms with Crippen LogP contribution in [0.25, 0.3) is 0 Å². The summed E-state index contributed by atoms with van der Waals surface area (Å²) in [6, 6.07) is 7.13. The molecule has 1 aliphatic carbocycles. The second kappa shape index (κ2) is 36.6. The molecule has 80 heavy (non-hydrogen) atoms. The highest BCUT2D eigenvalue weighted by atomic mass is 28.5. The van der Waals surface area contributed by atoms with Crippen LogP contribution < -0.4 is 54.7 Å². The van der Waals surface area contributed by atoms with Gasteiger partial charge in [-0.2, -0.15) is 0 Å². The summed E-state index contributed by atoms with van der Waals surface area (Å²) in [5.41, 5.74) is 11.9.